The molecule has 0 aromatic heterocycles. The average Bonchev–Trinajstić information content (AvgIpc) is 3.51. The Morgan fingerprint density at radius 2 is 1.90 bits per heavy atom. The maximum Gasteiger partial charge on any atom is 0.237 e. The lowest BCUT2D eigenvalue weighted by Gasteiger charge is -2.46. The first-order chi connectivity index (χ1) is 14.1. The van der Waals surface area contributed by atoms with Gasteiger partial charge in [0.1, 0.15) is 11.4 Å². The van der Waals surface area contributed by atoms with Gasteiger partial charge in [0.2, 0.25) is 5.91 Å². The fourth-order valence-electron chi connectivity index (χ4n) is 4.41. The van der Waals surface area contributed by atoms with Gasteiger partial charge in [0.15, 0.2) is 5.96 Å². The number of guanidine groups is 1. The molecule has 30 heavy (non-hydrogen) atoms. The molecule has 0 bridgehead atoms. The quantitative estimate of drug-likeness (QED) is 0.783. The van der Waals surface area contributed by atoms with Gasteiger partial charge in [-0.15, -0.1) is 0 Å². The molecule has 4 rings (SSSR count). The number of hydrogen-bond donors (Lipinski definition) is 2. The summed E-state index contributed by atoms with van der Waals surface area (Å²) in [6.45, 7) is 6.17. The second-order valence-corrected chi connectivity index (χ2v) is 9.12. The molecule has 1 aliphatic heterocycles. The molecular weight excluding hydrogens is 379 g/mol. The summed E-state index contributed by atoms with van der Waals surface area (Å²) in [4.78, 5) is 18.8. The van der Waals surface area contributed by atoms with E-state index in [0.29, 0.717) is 17.4 Å². The number of anilines is 1. The minimum atomic E-state index is -1.10. The van der Waals surface area contributed by atoms with Gasteiger partial charge in [-0.2, -0.15) is 0 Å². The van der Waals surface area contributed by atoms with Crippen molar-refractivity contribution in [1.29, 1.82) is 0 Å². The Morgan fingerprint density at radius 1 is 1.20 bits per heavy atom. The minimum absolute atomic E-state index is 0.100. The van der Waals surface area contributed by atoms with Crippen molar-refractivity contribution in [2.45, 2.75) is 38.6 Å². The number of carbonyl (C=O) groups is 1. The molecular formula is C24H29FN4O. The first kappa shape index (κ1) is 20.4. The second-order valence-electron chi connectivity index (χ2n) is 9.12. The number of aliphatic imine (C=N–C) groups is 1. The summed E-state index contributed by atoms with van der Waals surface area (Å²) >= 11 is 0. The Balaban J connectivity index is 1.56. The van der Waals surface area contributed by atoms with Gasteiger partial charge in [-0.1, -0.05) is 30.3 Å². The molecule has 0 saturated heterocycles. The van der Waals surface area contributed by atoms with Crippen LogP contribution in [0.4, 0.5) is 10.1 Å². The third kappa shape index (κ3) is 3.24. The Kier molecular flexibility index (Phi) is 4.83. The number of hydrogen-bond acceptors (Lipinski definition) is 4. The van der Waals surface area contributed by atoms with E-state index in [9.17, 15) is 9.18 Å². The van der Waals surface area contributed by atoms with E-state index in [1.165, 1.54) is 16.5 Å². The first-order valence-corrected chi connectivity index (χ1v) is 10.4. The normalized spacial score (nSPS) is 27.6. The smallest absolute Gasteiger partial charge is 0.237 e. The molecule has 1 heterocycles. The van der Waals surface area contributed by atoms with Crippen LogP contribution >= 0.6 is 0 Å². The summed E-state index contributed by atoms with van der Waals surface area (Å²) in [5.74, 6) is 0.665. The van der Waals surface area contributed by atoms with Gasteiger partial charge in [-0.05, 0) is 62.8 Å². The van der Waals surface area contributed by atoms with E-state index < -0.39 is 16.8 Å². The zero-order chi connectivity index (χ0) is 21.7. The molecule has 1 aliphatic carbocycles. The summed E-state index contributed by atoms with van der Waals surface area (Å²) in [5.41, 5.74) is 6.50. The fourth-order valence-corrected chi connectivity index (χ4v) is 4.41. The van der Waals surface area contributed by atoms with Gasteiger partial charge in [0.25, 0.3) is 0 Å². The second kappa shape index (κ2) is 7.11. The molecule has 158 valence electrons. The van der Waals surface area contributed by atoms with Gasteiger partial charge >= 0.3 is 0 Å². The van der Waals surface area contributed by atoms with Gasteiger partial charge in [-0.25, -0.2) is 9.38 Å². The van der Waals surface area contributed by atoms with Crippen LogP contribution in [0, 0.1) is 17.2 Å². The topological polar surface area (TPSA) is 70.7 Å². The summed E-state index contributed by atoms with van der Waals surface area (Å²) < 4.78 is 14.9. The molecule has 0 radical (unpaired) electrons. The lowest BCUT2D eigenvalue weighted by Crippen LogP contribution is -2.58. The number of carbonyl (C=O) groups excluding carboxylic acids is 1. The number of amides is 1. The molecule has 1 amide bonds. The Labute approximate surface area is 177 Å². The van der Waals surface area contributed by atoms with E-state index in [4.69, 9.17) is 5.73 Å². The van der Waals surface area contributed by atoms with Crippen molar-refractivity contribution in [3.8, 4) is 0 Å². The fraction of sp³-hybridized carbons (Fsp3) is 0.417. The van der Waals surface area contributed by atoms with Crippen LogP contribution < -0.4 is 11.1 Å². The molecule has 6 heteroatoms. The lowest BCUT2D eigenvalue weighted by molar-refractivity contribution is -0.140. The lowest BCUT2D eigenvalue weighted by atomic mass is 9.67. The largest absolute Gasteiger partial charge is 0.385 e. The Bertz CT molecular complexity index is 1000. The third-order valence-corrected chi connectivity index (χ3v) is 6.95. The van der Waals surface area contributed by atoms with Crippen molar-refractivity contribution in [3.63, 3.8) is 0 Å². The van der Waals surface area contributed by atoms with Crippen LogP contribution in [-0.4, -0.2) is 30.4 Å². The van der Waals surface area contributed by atoms with Crippen LogP contribution in [0.25, 0.3) is 0 Å². The summed E-state index contributed by atoms with van der Waals surface area (Å²) in [5, 5.41) is 3.45. The average molecular weight is 409 g/mol. The summed E-state index contributed by atoms with van der Waals surface area (Å²) in [6, 6.07) is 15.5. The van der Waals surface area contributed by atoms with Crippen LogP contribution in [0.2, 0.25) is 0 Å². The zero-order valence-electron chi connectivity index (χ0n) is 17.9. The van der Waals surface area contributed by atoms with Crippen molar-refractivity contribution in [1.82, 2.24) is 4.90 Å². The van der Waals surface area contributed by atoms with Gasteiger partial charge in [0, 0.05) is 24.8 Å². The first-order valence-electron chi connectivity index (χ1n) is 10.4. The predicted molar refractivity (Wildman–Crippen MR) is 118 cm³/mol. The van der Waals surface area contributed by atoms with Crippen molar-refractivity contribution in [3.05, 3.63) is 65.5 Å². The monoisotopic (exact) mass is 408 g/mol. The molecule has 2 aliphatic rings. The van der Waals surface area contributed by atoms with Crippen molar-refractivity contribution >= 4 is 17.6 Å². The number of nitrogens with two attached hydrogens (primary N) is 1. The maximum atomic E-state index is 14.9. The van der Waals surface area contributed by atoms with Crippen LogP contribution in [0.15, 0.2) is 53.5 Å². The van der Waals surface area contributed by atoms with E-state index >= 15 is 0 Å². The highest BCUT2D eigenvalue weighted by Crippen LogP contribution is 2.49. The molecule has 1 saturated carbocycles. The van der Waals surface area contributed by atoms with Crippen molar-refractivity contribution in [2.75, 3.05) is 18.9 Å². The van der Waals surface area contributed by atoms with Gasteiger partial charge < -0.3 is 11.1 Å². The molecule has 2 aromatic rings. The highest BCUT2D eigenvalue weighted by molar-refractivity contribution is 6.01. The summed E-state index contributed by atoms with van der Waals surface area (Å²) in [6.07, 6.45) is 1.15. The van der Waals surface area contributed by atoms with Crippen molar-refractivity contribution < 1.29 is 9.18 Å². The molecule has 2 aromatic carbocycles. The molecule has 0 spiro atoms. The standard InChI is InChI=1S/C24H29FN4O/c1-23(2)21(30)29(4)22(26)28-24(23,3)19-13-17(10-11-20(19)25)27-14-16-12-18(16)15-8-6-5-7-9-15/h5-11,13,16,18,27H,12,14H2,1-4H3,(H2,26,28). The van der Waals surface area contributed by atoms with E-state index in [2.05, 4.69) is 34.6 Å². The van der Waals surface area contributed by atoms with Crippen LogP contribution in [0.1, 0.15) is 44.2 Å². The maximum absolute atomic E-state index is 14.9. The van der Waals surface area contributed by atoms with Crippen LogP contribution in [-0.2, 0) is 10.3 Å². The number of rotatable bonds is 5. The van der Waals surface area contributed by atoms with E-state index in [1.807, 2.05) is 6.07 Å². The number of halogens is 1. The molecule has 3 N–H and O–H groups in total. The number of benzene rings is 2. The highest BCUT2D eigenvalue weighted by atomic mass is 19.1. The molecule has 5 nitrogen and oxygen atoms in total. The number of nitrogens with one attached hydrogen (secondary N) is 1. The minimum Gasteiger partial charge on any atom is -0.385 e. The van der Waals surface area contributed by atoms with Crippen molar-refractivity contribution in [2.24, 2.45) is 22.1 Å². The summed E-state index contributed by atoms with van der Waals surface area (Å²) in [7, 11) is 1.59. The molecule has 1 fully saturated rings. The van der Waals surface area contributed by atoms with Gasteiger partial charge in [0.05, 0.1) is 5.41 Å². The zero-order valence-corrected chi connectivity index (χ0v) is 17.9. The predicted octanol–water partition coefficient (Wildman–Crippen LogP) is 4.07. The van der Waals surface area contributed by atoms with E-state index in [1.54, 1.807) is 40.0 Å². The van der Waals surface area contributed by atoms with E-state index in [-0.39, 0.29) is 11.9 Å². The van der Waals surface area contributed by atoms with Crippen LogP contribution in [0.3, 0.4) is 0 Å². The highest BCUT2D eigenvalue weighted by Gasteiger charge is 2.53. The van der Waals surface area contributed by atoms with E-state index in [0.717, 1.165) is 18.7 Å². The Hall–Kier alpha value is -2.89. The van der Waals surface area contributed by atoms with Gasteiger partial charge in [-0.3, -0.25) is 9.69 Å². The Morgan fingerprint density at radius 3 is 2.60 bits per heavy atom. The number of nitrogens with zero attached hydrogens (tertiary/aromatic N) is 2. The third-order valence-electron chi connectivity index (χ3n) is 6.95. The SMILES string of the molecule is CN1C(=O)C(C)(C)C(C)(c2cc(NCC3CC3c3ccccc3)ccc2F)N=C1N. The molecule has 3 atom stereocenters. The molecule has 3 unspecified atom stereocenters. The van der Waals surface area contributed by atoms with Crippen LogP contribution in [0.5, 0.6) is 0 Å².